The molecule has 2 heteroatoms. The van der Waals surface area contributed by atoms with Crippen LogP contribution in [0.25, 0.3) is 0 Å². The van der Waals surface area contributed by atoms with Crippen molar-refractivity contribution in [3.8, 4) is 5.75 Å². The predicted molar refractivity (Wildman–Crippen MR) is 58.5 cm³/mol. The van der Waals surface area contributed by atoms with E-state index >= 15 is 0 Å². The lowest BCUT2D eigenvalue weighted by Gasteiger charge is -2.10. The maximum Gasteiger partial charge on any atom is 0.126 e. The SMILES string of the molecule is Fc1cccc(OCCC2CCCC2)c1. The lowest BCUT2D eigenvalue weighted by atomic mass is 10.1. The molecule has 82 valence electrons. The third-order valence-corrected chi connectivity index (χ3v) is 3.07. The van der Waals surface area contributed by atoms with E-state index in [1.165, 1.54) is 37.8 Å². The second-order valence-corrected chi connectivity index (χ2v) is 4.24. The van der Waals surface area contributed by atoms with Crippen LogP contribution in [-0.2, 0) is 0 Å². The van der Waals surface area contributed by atoms with E-state index in [0.717, 1.165) is 12.3 Å². The maximum atomic E-state index is 12.8. The van der Waals surface area contributed by atoms with Gasteiger partial charge in [0.2, 0.25) is 0 Å². The van der Waals surface area contributed by atoms with E-state index in [2.05, 4.69) is 0 Å². The maximum absolute atomic E-state index is 12.8. The van der Waals surface area contributed by atoms with Crippen molar-refractivity contribution in [1.29, 1.82) is 0 Å². The van der Waals surface area contributed by atoms with Gasteiger partial charge in [0.1, 0.15) is 11.6 Å². The highest BCUT2D eigenvalue weighted by Gasteiger charge is 2.14. The molecule has 15 heavy (non-hydrogen) atoms. The molecule has 0 N–H and O–H groups in total. The number of benzene rings is 1. The summed E-state index contributed by atoms with van der Waals surface area (Å²) in [7, 11) is 0. The average molecular weight is 208 g/mol. The lowest BCUT2D eigenvalue weighted by Crippen LogP contribution is -2.03. The van der Waals surface area contributed by atoms with Gasteiger partial charge in [-0.15, -0.1) is 0 Å². The van der Waals surface area contributed by atoms with Crippen molar-refractivity contribution in [1.82, 2.24) is 0 Å². The molecule has 1 aliphatic carbocycles. The highest BCUT2D eigenvalue weighted by Crippen LogP contribution is 2.27. The van der Waals surface area contributed by atoms with Gasteiger partial charge in [-0.2, -0.15) is 0 Å². The topological polar surface area (TPSA) is 9.23 Å². The van der Waals surface area contributed by atoms with Crippen LogP contribution >= 0.6 is 0 Å². The molecule has 1 nitrogen and oxygen atoms in total. The van der Waals surface area contributed by atoms with E-state index < -0.39 is 0 Å². The highest BCUT2D eigenvalue weighted by atomic mass is 19.1. The van der Waals surface area contributed by atoms with Crippen LogP contribution < -0.4 is 4.74 Å². The van der Waals surface area contributed by atoms with Crippen LogP contribution in [0, 0.1) is 11.7 Å². The zero-order valence-corrected chi connectivity index (χ0v) is 8.92. The van der Waals surface area contributed by atoms with Crippen molar-refractivity contribution in [2.24, 2.45) is 5.92 Å². The molecular weight excluding hydrogens is 191 g/mol. The Labute approximate surface area is 90.3 Å². The van der Waals surface area contributed by atoms with Crippen LogP contribution in [0.15, 0.2) is 24.3 Å². The Hall–Kier alpha value is -1.05. The van der Waals surface area contributed by atoms with E-state index in [9.17, 15) is 4.39 Å². The first-order chi connectivity index (χ1) is 7.34. The summed E-state index contributed by atoms with van der Waals surface area (Å²) in [4.78, 5) is 0. The molecule has 0 spiro atoms. The average Bonchev–Trinajstić information content (AvgIpc) is 2.71. The highest BCUT2D eigenvalue weighted by molar-refractivity contribution is 5.22. The number of halogens is 1. The third kappa shape index (κ3) is 3.22. The molecule has 1 aromatic carbocycles. The first-order valence-electron chi connectivity index (χ1n) is 5.73. The largest absolute Gasteiger partial charge is 0.493 e. The van der Waals surface area contributed by atoms with Gasteiger partial charge in [-0.1, -0.05) is 31.7 Å². The minimum Gasteiger partial charge on any atom is -0.493 e. The monoisotopic (exact) mass is 208 g/mol. The summed E-state index contributed by atoms with van der Waals surface area (Å²) in [6.07, 6.45) is 6.52. The summed E-state index contributed by atoms with van der Waals surface area (Å²) in [6.45, 7) is 0.716. The summed E-state index contributed by atoms with van der Waals surface area (Å²) in [6, 6.07) is 6.36. The van der Waals surface area contributed by atoms with Crippen LogP contribution in [-0.4, -0.2) is 6.61 Å². The number of hydrogen-bond donors (Lipinski definition) is 0. The van der Waals surface area contributed by atoms with Gasteiger partial charge in [0, 0.05) is 6.07 Å². The normalized spacial score (nSPS) is 16.9. The van der Waals surface area contributed by atoms with Gasteiger partial charge in [0.15, 0.2) is 0 Å². The summed E-state index contributed by atoms with van der Waals surface area (Å²) in [5.74, 6) is 1.25. The quantitative estimate of drug-likeness (QED) is 0.731. The molecule has 0 unspecified atom stereocenters. The predicted octanol–water partition coefficient (Wildman–Crippen LogP) is 3.78. The molecule has 1 fully saturated rings. The number of ether oxygens (including phenoxy) is 1. The van der Waals surface area contributed by atoms with Crippen molar-refractivity contribution < 1.29 is 9.13 Å². The number of rotatable bonds is 4. The van der Waals surface area contributed by atoms with Crippen LogP contribution in [0.4, 0.5) is 4.39 Å². The van der Waals surface area contributed by atoms with Gasteiger partial charge in [-0.25, -0.2) is 4.39 Å². The summed E-state index contributed by atoms with van der Waals surface area (Å²) >= 11 is 0. The van der Waals surface area contributed by atoms with Crippen LogP contribution in [0.2, 0.25) is 0 Å². The molecule has 0 atom stereocenters. The van der Waals surface area contributed by atoms with Crippen LogP contribution in [0.3, 0.4) is 0 Å². The lowest BCUT2D eigenvalue weighted by molar-refractivity contribution is 0.278. The second kappa shape index (κ2) is 5.15. The van der Waals surface area contributed by atoms with Gasteiger partial charge in [-0.3, -0.25) is 0 Å². The first-order valence-corrected chi connectivity index (χ1v) is 5.73. The molecule has 0 radical (unpaired) electrons. The molecule has 0 aliphatic heterocycles. The first kappa shape index (κ1) is 10.5. The van der Waals surface area contributed by atoms with Gasteiger partial charge in [-0.05, 0) is 24.5 Å². The van der Waals surface area contributed by atoms with Crippen molar-refractivity contribution in [2.75, 3.05) is 6.61 Å². The molecule has 0 aromatic heterocycles. The standard InChI is InChI=1S/C13H17FO/c14-12-6-3-7-13(10-12)15-9-8-11-4-1-2-5-11/h3,6-7,10-11H,1-2,4-5,8-9H2. The summed E-state index contributed by atoms with van der Waals surface area (Å²) < 4.78 is 18.3. The molecule has 0 bridgehead atoms. The Morgan fingerprint density at radius 1 is 1.27 bits per heavy atom. The minimum atomic E-state index is -0.228. The van der Waals surface area contributed by atoms with Crippen molar-refractivity contribution in [3.63, 3.8) is 0 Å². The van der Waals surface area contributed by atoms with Gasteiger partial charge < -0.3 is 4.74 Å². The van der Waals surface area contributed by atoms with E-state index in [1.807, 2.05) is 0 Å². The van der Waals surface area contributed by atoms with Crippen molar-refractivity contribution >= 4 is 0 Å². The fourth-order valence-electron chi connectivity index (χ4n) is 2.20. The molecule has 2 rings (SSSR count). The van der Waals surface area contributed by atoms with Gasteiger partial charge >= 0.3 is 0 Å². The second-order valence-electron chi connectivity index (χ2n) is 4.24. The van der Waals surface area contributed by atoms with Crippen molar-refractivity contribution in [2.45, 2.75) is 32.1 Å². The molecule has 1 saturated carbocycles. The summed E-state index contributed by atoms with van der Waals surface area (Å²) in [5, 5.41) is 0. The van der Waals surface area contributed by atoms with E-state index in [-0.39, 0.29) is 5.82 Å². The molecule has 0 saturated heterocycles. The fraction of sp³-hybridized carbons (Fsp3) is 0.538. The Balaban J connectivity index is 1.73. The summed E-state index contributed by atoms with van der Waals surface area (Å²) in [5.41, 5.74) is 0. The molecule has 0 amide bonds. The van der Waals surface area contributed by atoms with Crippen LogP contribution in [0.1, 0.15) is 32.1 Å². The zero-order valence-electron chi connectivity index (χ0n) is 8.92. The molecule has 0 heterocycles. The van der Waals surface area contributed by atoms with E-state index in [0.29, 0.717) is 12.4 Å². The minimum absolute atomic E-state index is 0.228. The molecule has 1 aromatic rings. The Morgan fingerprint density at radius 3 is 2.80 bits per heavy atom. The molecule has 1 aliphatic rings. The van der Waals surface area contributed by atoms with Crippen LogP contribution in [0.5, 0.6) is 5.75 Å². The Morgan fingerprint density at radius 2 is 2.07 bits per heavy atom. The Kier molecular flexibility index (Phi) is 3.59. The van der Waals surface area contributed by atoms with E-state index in [4.69, 9.17) is 4.74 Å². The van der Waals surface area contributed by atoms with Gasteiger partial charge in [0.25, 0.3) is 0 Å². The molecular formula is C13H17FO. The van der Waals surface area contributed by atoms with E-state index in [1.54, 1.807) is 12.1 Å². The van der Waals surface area contributed by atoms with Gasteiger partial charge in [0.05, 0.1) is 6.61 Å². The number of hydrogen-bond acceptors (Lipinski definition) is 1. The Bertz CT molecular complexity index is 305. The van der Waals surface area contributed by atoms with Crippen molar-refractivity contribution in [3.05, 3.63) is 30.1 Å². The third-order valence-electron chi connectivity index (χ3n) is 3.07. The smallest absolute Gasteiger partial charge is 0.126 e. The zero-order chi connectivity index (χ0) is 10.5. The fourth-order valence-corrected chi connectivity index (χ4v) is 2.20.